The maximum Gasteiger partial charge on any atom is 0.312 e. The Morgan fingerprint density at radius 1 is 1.31 bits per heavy atom. The van der Waals surface area contributed by atoms with Crippen LogP contribution >= 0.6 is 0 Å². The Balaban J connectivity index is 3.20. The number of likely N-dealkylation sites (N-methyl/N-ethyl adjacent to an activating group) is 1. The van der Waals surface area contributed by atoms with Gasteiger partial charge >= 0.3 is 5.97 Å². The molecule has 1 unspecified atom stereocenters. The molecule has 1 aromatic carbocycles. The first-order chi connectivity index (χ1) is 7.49. The van der Waals surface area contributed by atoms with Crippen LogP contribution in [0, 0.1) is 20.8 Å². The van der Waals surface area contributed by atoms with Gasteiger partial charge < -0.3 is 10.4 Å². The third-order valence-corrected chi connectivity index (χ3v) is 3.18. The number of carboxylic acids is 1. The van der Waals surface area contributed by atoms with Gasteiger partial charge in [0.1, 0.15) is 0 Å². The summed E-state index contributed by atoms with van der Waals surface area (Å²) < 4.78 is 0. The van der Waals surface area contributed by atoms with Crippen molar-refractivity contribution in [2.24, 2.45) is 0 Å². The molecule has 1 aromatic rings. The average Bonchev–Trinajstić information content (AvgIpc) is 2.24. The summed E-state index contributed by atoms with van der Waals surface area (Å²) in [6, 6.07) is 3.91. The number of carbonyl (C=O) groups is 1. The van der Waals surface area contributed by atoms with E-state index in [4.69, 9.17) is 0 Å². The Morgan fingerprint density at radius 3 is 2.44 bits per heavy atom. The van der Waals surface area contributed by atoms with Gasteiger partial charge in [-0.2, -0.15) is 0 Å². The number of rotatable bonds is 4. The molecule has 0 amide bonds. The SMILES string of the molecule is CNCC(C(=O)O)c1ccc(C)c(C)c1C. The molecule has 0 radical (unpaired) electrons. The quantitative estimate of drug-likeness (QED) is 0.817. The van der Waals surface area contributed by atoms with Gasteiger partial charge in [-0.25, -0.2) is 0 Å². The van der Waals surface area contributed by atoms with Crippen molar-refractivity contribution in [3.8, 4) is 0 Å². The van der Waals surface area contributed by atoms with Crippen LogP contribution in [0.5, 0.6) is 0 Å². The molecule has 0 aliphatic heterocycles. The van der Waals surface area contributed by atoms with Gasteiger partial charge in [-0.15, -0.1) is 0 Å². The largest absolute Gasteiger partial charge is 0.481 e. The fraction of sp³-hybridized carbons (Fsp3) is 0.462. The normalized spacial score (nSPS) is 12.5. The average molecular weight is 221 g/mol. The topological polar surface area (TPSA) is 49.3 Å². The number of hydrogen-bond acceptors (Lipinski definition) is 2. The molecule has 0 aliphatic carbocycles. The lowest BCUT2D eigenvalue weighted by Gasteiger charge is -2.17. The minimum Gasteiger partial charge on any atom is -0.481 e. The highest BCUT2D eigenvalue weighted by Crippen LogP contribution is 2.24. The van der Waals surface area contributed by atoms with Gasteiger partial charge in [0.2, 0.25) is 0 Å². The molecule has 3 heteroatoms. The van der Waals surface area contributed by atoms with Crippen molar-refractivity contribution in [1.29, 1.82) is 0 Å². The number of nitrogens with one attached hydrogen (secondary N) is 1. The van der Waals surface area contributed by atoms with E-state index >= 15 is 0 Å². The van der Waals surface area contributed by atoms with E-state index in [0.29, 0.717) is 6.54 Å². The summed E-state index contributed by atoms with van der Waals surface area (Å²) in [6.45, 7) is 6.52. The Hall–Kier alpha value is -1.35. The summed E-state index contributed by atoms with van der Waals surface area (Å²) in [7, 11) is 1.77. The smallest absolute Gasteiger partial charge is 0.312 e. The maximum atomic E-state index is 11.2. The number of aliphatic carboxylic acids is 1. The molecule has 0 spiro atoms. The summed E-state index contributed by atoms with van der Waals surface area (Å²) in [5, 5.41) is 12.1. The molecular formula is C13H19NO2. The molecule has 16 heavy (non-hydrogen) atoms. The van der Waals surface area contributed by atoms with Gasteiger partial charge in [0, 0.05) is 6.54 Å². The highest BCUT2D eigenvalue weighted by molar-refractivity contribution is 5.77. The van der Waals surface area contributed by atoms with Crippen molar-refractivity contribution >= 4 is 5.97 Å². The predicted molar refractivity (Wildman–Crippen MR) is 65.0 cm³/mol. The van der Waals surface area contributed by atoms with Crippen LogP contribution in [-0.2, 0) is 4.79 Å². The van der Waals surface area contributed by atoms with Gasteiger partial charge in [-0.3, -0.25) is 4.79 Å². The molecule has 0 saturated heterocycles. The molecule has 2 N–H and O–H groups in total. The third-order valence-electron chi connectivity index (χ3n) is 3.18. The van der Waals surface area contributed by atoms with Crippen molar-refractivity contribution in [1.82, 2.24) is 5.32 Å². The van der Waals surface area contributed by atoms with Crippen molar-refractivity contribution in [2.45, 2.75) is 26.7 Å². The van der Waals surface area contributed by atoms with Crippen molar-refractivity contribution < 1.29 is 9.90 Å². The lowest BCUT2D eigenvalue weighted by atomic mass is 9.90. The van der Waals surface area contributed by atoms with Gasteiger partial charge in [0.25, 0.3) is 0 Å². The van der Waals surface area contributed by atoms with E-state index in [1.54, 1.807) is 7.05 Å². The van der Waals surface area contributed by atoms with Crippen LogP contribution in [0.3, 0.4) is 0 Å². The number of aryl methyl sites for hydroxylation is 1. The Bertz CT molecular complexity index is 399. The van der Waals surface area contributed by atoms with Crippen molar-refractivity contribution in [3.05, 3.63) is 34.4 Å². The maximum absolute atomic E-state index is 11.2. The molecule has 1 atom stereocenters. The summed E-state index contributed by atoms with van der Waals surface area (Å²) in [5.74, 6) is -1.25. The summed E-state index contributed by atoms with van der Waals surface area (Å²) in [6.07, 6.45) is 0. The zero-order valence-electron chi connectivity index (χ0n) is 10.3. The number of benzene rings is 1. The standard InChI is InChI=1S/C13H19NO2/c1-8-5-6-11(10(3)9(8)2)12(7-14-4)13(15)16/h5-6,12,14H,7H2,1-4H3,(H,15,16). The van der Waals surface area contributed by atoms with Gasteiger partial charge in [0.15, 0.2) is 0 Å². The molecule has 0 aliphatic rings. The number of hydrogen-bond donors (Lipinski definition) is 2. The van der Waals surface area contributed by atoms with Gasteiger partial charge in [0.05, 0.1) is 5.92 Å². The Kier molecular flexibility index (Phi) is 4.07. The van der Waals surface area contributed by atoms with Crippen LogP contribution in [0.2, 0.25) is 0 Å². The first-order valence-electron chi connectivity index (χ1n) is 5.43. The Labute approximate surface area is 96.5 Å². The second-order valence-corrected chi connectivity index (χ2v) is 4.17. The van der Waals surface area contributed by atoms with Crippen molar-refractivity contribution in [3.63, 3.8) is 0 Å². The van der Waals surface area contributed by atoms with E-state index in [0.717, 1.165) is 11.1 Å². The molecular weight excluding hydrogens is 202 g/mol. The minimum atomic E-state index is -0.777. The van der Waals surface area contributed by atoms with Gasteiger partial charge in [-0.1, -0.05) is 12.1 Å². The minimum absolute atomic E-state index is 0.457. The molecule has 0 heterocycles. The van der Waals surface area contributed by atoms with E-state index in [1.165, 1.54) is 11.1 Å². The van der Waals surface area contributed by atoms with E-state index in [-0.39, 0.29) is 0 Å². The third kappa shape index (κ3) is 2.42. The predicted octanol–water partition coefficient (Wildman–Crippen LogP) is 2.00. The molecule has 0 aromatic heterocycles. The highest BCUT2D eigenvalue weighted by atomic mass is 16.4. The van der Waals surface area contributed by atoms with E-state index in [1.807, 2.05) is 32.9 Å². The molecule has 0 fully saturated rings. The fourth-order valence-electron chi connectivity index (χ4n) is 1.89. The molecule has 3 nitrogen and oxygen atoms in total. The second kappa shape index (κ2) is 5.12. The van der Waals surface area contributed by atoms with Crippen LogP contribution in [0.25, 0.3) is 0 Å². The first kappa shape index (κ1) is 12.7. The summed E-state index contributed by atoms with van der Waals surface area (Å²) in [4.78, 5) is 11.2. The summed E-state index contributed by atoms with van der Waals surface area (Å²) >= 11 is 0. The molecule has 0 bridgehead atoms. The summed E-state index contributed by atoms with van der Waals surface area (Å²) in [5.41, 5.74) is 4.38. The van der Waals surface area contributed by atoms with Crippen molar-refractivity contribution in [2.75, 3.05) is 13.6 Å². The fourth-order valence-corrected chi connectivity index (χ4v) is 1.89. The molecule has 0 saturated carbocycles. The van der Waals surface area contributed by atoms with E-state index < -0.39 is 11.9 Å². The number of carboxylic acid groups (broad SMARTS) is 1. The zero-order chi connectivity index (χ0) is 12.3. The van der Waals surface area contributed by atoms with Crippen LogP contribution in [0.4, 0.5) is 0 Å². The zero-order valence-corrected chi connectivity index (χ0v) is 10.3. The van der Waals surface area contributed by atoms with Crippen LogP contribution in [-0.4, -0.2) is 24.7 Å². The van der Waals surface area contributed by atoms with Crippen LogP contribution < -0.4 is 5.32 Å². The van der Waals surface area contributed by atoms with Crippen LogP contribution in [0.15, 0.2) is 12.1 Å². The molecule has 88 valence electrons. The lowest BCUT2D eigenvalue weighted by molar-refractivity contribution is -0.138. The van der Waals surface area contributed by atoms with Gasteiger partial charge in [-0.05, 0) is 50.1 Å². The lowest BCUT2D eigenvalue weighted by Crippen LogP contribution is -2.25. The van der Waals surface area contributed by atoms with E-state index in [2.05, 4.69) is 5.32 Å². The first-order valence-corrected chi connectivity index (χ1v) is 5.43. The Morgan fingerprint density at radius 2 is 1.94 bits per heavy atom. The van der Waals surface area contributed by atoms with E-state index in [9.17, 15) is 9.90 Å². The highest BCUT2D eigenvalue weighted by Gasteiger charge is 2.21. The molecule has 1 rings (SSSR count). The van der Waals surface area contributed by atoms with Crippen LogP contribution in [0.1, 0.15) is 28.2 Å². The monoisotopic (exact) mass is 221 g/mol. The second-order valence-electron chi connectivity index (χ2n) is 4.17.